The van der Waals surface area contributed by atoms with Gasteiger partial charge in [-0.3, -0.25) is 4.79 Å². The summed E-state index contributed by atoms with van der Waals surface area (Å²) in [7, 11) is 0. The summed E-state index contributed by atoms with van der Waals surface area (Å²) < 4.78 is 0. The predicted octanol–water partition coefficient (Wildman–Crippen LogP) is 0.248. The Balaban J connectivity index is 2.40. The second kappa shape index (κ2) is 3.22. The molecule has 0 spiro atoms. The number of carbonyl (C=O) groups excluding carboxylic acids is 1. The third kappa shape index (κ3) is 2.19. The van der Waals surface area contributed by atoms with Crippen molar-refractivity contribution in [2.75, 3.05) is 0 Å². The van der Waals surface area contributed by atoms with E-state index in [0.29, 0.717) is 12.3 Å². The number of hydrogen-bond acceptors (Lipinski definition) is 2. The minimum Gasteiger partial charge on any atom is -0.352 e. The van der Waals surface area contributed by atoms with E-state index >= 15 is 0 Å². The molecule has 2 atom stereocenters. The van der Waals surface area contributed by atoms with E-state index in [9.17, 15) is 4.79 Å². The molecule has 1 heterocycles. The van der Waals surface area contributed by atoms with Crippen LogP contribution in [0.3, 0.4) is 0 Å². The first kappa shape index (κ1) is 8.53. The van der Waals surface area contributed by atoms with E-state index < -0.39 is 0 Å². The fourth-order valence-electron chi connectivity index (χ4n) is 1.47. The Morgan fingerprint density at radius 1 is 1.73 bits per heavy atom. The van der Waals surface area contributed by atoms with Crippen molar-refractivity contribution in [1.29, 1.82) is 0 Å². The van der Waals surface area contributed by atoms with Gasteiger partial charge in [-0.2, -0.15) is 0 Å². The molecule has 0 bridgehead atoms. The van der Waals surface area contributed by atoms with Crippen molar-refractivity contribution in [2.45, 2.75) is 38.8 Å². The van der Waals surface area contributed by atoms with Crippen LogP contribution in [0.2, 0.25) is 0 Å². The van der Waals surface area contributed by atoms with Crippen LogP contribution < -0.4 is 11.1 Å². The molecular formula is C8H16N2O. The molecule has 0 saturated carbocycles. The average Bonchev–Trinajstić information content (AvgIpc) is 2.09. The Labute approximate surface area is 67.3 Å². The topological polar surface area (TPSA) is 55.1 Å². The van der Waals surface area contributed by atoms with Crippen molar-refractivity contribution in [2.24, 2.45) is 11.7 Å². The molecule has 0 aromatic heterocycles. The van der Waals surface area contributed by atoms with Gasteiger partial charge in [0, 0.05) is 18.5 Å². The lowest BCUT2D eigenvalue weighted by atomic mass is 10.00. The van der Waals surface area contributed by atoms with Crippen molar-refractivity contribution >= 4 is 5.91 Å². The normalized spacial score (nSPS) is 31.1. The summed E-state index contributed by atoms with van der Waals surface area (Å²) >= 11 is 0. The van der Waals surface area contributed by atoms with Crippen LogP contribution in [0.25, 0.3) is 0 Å². The van der Waals surface area contributed by atoms with E-state index in [1.807, 2.05) is 0 Å². The molecular weight excluding hydrogens is 140 g/mol. The van der Waals surface area contributed by atoms with Gasteiger partial charge in [0.2, 0.25) is 5.91 Å². The Bertz CT molecular complexity index is 156. The van der Waals surface area contributed by atoms with Crippen LogP contribution in [0.5, 0.6) is 0 Å². The summed E-state index contributed by atoms with van der Waals surface area (Å²) in [5, 5.41) is 2.87. The summed E-state index contributed by atoms with van der Waals surface area (Å²) in [6, 6.07) is 0.243. The Hall–Kier alpha value is -0.570. The highest BCUT2D eigenvalue weighted by atomic mass is 16.2. The maximum atomic E-state index is 10.9. The zero-order valence-electron chi connectivity index (χ0n) is 7.13. The second-order valence-electron chi connectivity index (χ2n) is 3.67. The van der Waals surface area contributed by atoms with Gasteiger partial charge in [0.15, 0.2) is 0 Å². The fourth-order valence-corrected chi connectivity index (χ4v) is 1.47. The van der Waals surface area contributed by atoms with Crippen LogP contribution in [0.1, 0.15) is 26.7 Å². The molecule has 3 N–H and O–H groups in total. The quantitative estimate of drug-likeness (QED) is 0.602. The lowest BCUT2D eigenvalue weighted by Crippen LogP contribution is -2.37. The van der Waals surface area contributed by atoms with Crippen LogP contribution in [0, 0.1) is 5.92 Å². The summed E-state index contributed by atoms with van der Waals surface area (Å²) in [6.07, 6.45) is 1.49. The van der Waals surface area contributed by atoms with Crippen molar-refractivity contribution in [3.63, 3.8) is 0 Å². The van der Waals surface area contributed by atoms with Gasteiger partial charge in [0.1, 0.15) is 0 Å². The molecule has 1 fully saturated rings. The van der Waals surface area contributed by atoms with E-state index in [-0.39, 0.29) is 18.0 Å². The first-order valence-corrected chi connectivity index (χ1v) is 4.14. The Morgan fingerprint density at radius 2 is 2.36 bits per heavy atom. The molecule has 1 aliphatic heterocycles. The number of nitrogens with two attached hydrogens (primary N) is 1. The van der Waals surface area contributed by atoms with Gasteiger partial charge in [0.25, 0.3) is 0 Å². The van der Waals surface area contributed by atoms with Gasteiger partial charge >= 0.3 is 0 Å². The highest BCUT2D eigenvalue weighted by molar-refractivity contribution is 5.79. The largest absolute Gasteiger partial charge is 0.352 e. The van der Waals surface area contributed by atoms with Gasteiger partial charge in [0.05, 0.1) is 0 Å². The molecule has 0 aromatic carbocycles. The summed E-state index contributed by atoms with van der Waals surface area (Å²) in [5.74, 6) is 0.701. The van der Waals surface area contributed by atoms with Gasteiger partial charge in [-0.25, -0.2) is 0 Å². The van der Waals surface area contributed by atoms with Crippen LogP contribution in [-0.4, -0.2) is 18.0 Å². The minimum atomic E-state index is 0.0323. The molecule has 3 heteroatoms. The number of amides is 1. The van der Waals surface area contributed by atoms with Crippen LogP contribution in [0.4, 0.5) is 0 Å². The third-order valence-electron chi connectivity index (χ3n) is 2.01. The van der Waals surface area contributed by atoms with Gasteiger partial charge in [-0.15, -0.1) is 0 Å². The Morgan fingerprint density at radius 3 is 2.73 bits per heavy atom. The zero-order valence-corrected chi connectivity index (χ0v) is 7.13. The summed E-state index contributed by atoms with van der Waals surface area (Å²) in [4.78, 5) is 10.9. The van der Waals surface area contributed by atoms with Crippen molar-refractivity contribution < 1.29 is 4.79 Å². The number of hydrogen-bond donors (Lipinski definition) is 2. The van der Waals surface area contributed by atoms with Gasteiger partial charge in [-0.05, 0) is 12.3 Å². The second-order valence-corrected chi connectivity index (χ2v) is 3.67. The van der Waals surface area contributed by atoms with Crippen molar-refractivity contribution in [3.8, 4) is 0 Å². The summed E-state index contributed by atoms with van der Waals surface area (Å²) in [5.41, 5.74) is 5.73. The SMILES string of the molecule is CC(C)C[C@@H]1NC(=O)C[C@H]1N. The average molecular weight is 156 g/mol. The number of carbonyl (C=O) groups is 1. The van der Waals surface area contributed by atoms with Gasteiger partial charge < -0.3 is 11.1 Å². The fraction of sp³-hybridized carbons (Fsp3) is 0.875. The van der Waals surface area contributed by atoms with E-state index in [0.717, 1.165) is 6.42 Å². The van der Waals surface area contributed by atoms with Crippen molar-refractivity contribution in [3.05, 3.63) is 0 Å². The molecule has 0 unspecified atom stereocenters. The first-order chi connectivity index (χ1) is 5.09. The van der Waals surface area contributed by atoms with E-state index in [2.05, 4.69) is 19.2 Å². The van der Waals surface area contributed by atoms with Crippen LogP contribution >= 0.6 is 0 Å². The third-order valence-corrected chi connectivity index (χ3v) is 2.01. The molecule has 1 amide bonds. The van der Waals surface area contributed by atoms with Gasteiger partial charge in [-0.1, -0.05) is 13.8 Å². The first-order valence-electron chi connectivity index (χ1n) is 4.14. The number of nitrogens with one attached hydrogen (secondary N) is 1. The molecule has 3 nitrogen and oxygen atoms in total. The molecule has 11 heavy (non-hydrogen) atoms. The van der Waals surface area contributed by atoms with E-state index in [1.165, 1.54) is 0 Å². The molecule has 1 saturated heterocycles. The zero-order chi connectivity index (χ0) is 8.43. The van der Waals surface area contributed by atoms with Crippen LogP contribution in [0.15, 0.2) is 0 Å². The predicted molar refractivity (Wildman–Crippen MR) is 44.0 cm³/mol. The standard InChI is InChI=1S/C8H16N2O/c1-5(2)3-7-6(9)4-8(11)10-7/h5-7H,3-4,9H2,1-2H3,(H,10,11)/t6-,7+/m1/s1. The maximum Gasteiger partial charge on any atom is 0.221 e. The van der Waals surface area contributed by atoms with Crippen molar-refractivity contribution in [1.82, 2.24) is 5.32 Å². The van der Waals surface area contributed by atoms with Crippen LogP contribution in [-0.2, 0) is 4.79 Å². The molecule has 64 valence electrons. The Kier molecular flexibility index (Phi) is 2.49. The molecule has 1 aliphatic rings. The smallest absolute Gasteiger partial charge is 0.221 e. The van der Waals surface area contributed by atoms with E-state index in [1.54, 1.807) is 0 Å². The molecule has 0 aliphatic carbocycles. The maximum absolute atomic E-state index is 10.9. The highest BCUT2D eigenvalue weighted by Crippen LogP contribution is 2.13. The highest BCUT2D eigenvalue weighted by Gasteiger charge is 2.29. The molecule has 1 rings (SSSR count). The molecule has 0 aromatic rings. The summed E-state index contributed by atoms with van der Waals surface area (Å²) in [6.45, 7) is 4.27. The molecule has 0 radical (unpaired) electrons. The lowest BCUT2D eigenvalue weighted by Gasteiger charge is -2.16. The number of rotatable bonds is 2. The minimum absolute atomic E-state index is 0.0323. The lowest BCUT2D eigenvalue weighted by molar-refractivity contribution is -0.119. The van der Waals surface area contributed by atoms with E-state index in [4.69, 9.17) is 5.73 Å². The monoisotopic (exact) mass is 156 g/mol.